The van der Waals surface area contributed by atoms with Crippen molar-refractivity contribution in [1.29, 1.82) is 0 Å². The first-order valence-corrected chi connectivity index (χ1v) is 4.43. The second-order valence-electron chi connectivity index (χ2n) is 4.35. The number of ketones is 1. The second-order valence-corrected chi connectivity index (χ2v) is 4.35. The fourth-order valence-electron chi connectivity index (χ4n) is 1.02. The maximum absolute atomic E-state index is 11.3. The lowest BCUT2D eigenvalue weighted by Gasteiger charge is -2.16. The zero-order valence-electron chi connectivity index (χ0n) is 8.85. The van der Waals surface area contributed by atoms with Crippen molar-refractivity contribution in [2.75, 3.05) is 7.11 Å². The molecule has 0 aromatic heterocycles. The quantitative estimate of drug-likeness (QED) is 0.630. The van der Waals surface area contributed by atoms with Crippen LogP contribution in [0, 0.1) is 5.41 Å². The van der Waals surface area contributed by atoms with Gasteiger partial charge in [-0.2, -0.15) is 0 Å². The van der Waals surface area contributed by atoms with Crippen molar-refractivity contribution in [3.8, 4) is 0 Å². The van der Waals surface area contributed by atoms with Gasteiger partial charge in [0, 0.05) is 12.8 Å². The minimum Gasteiger partial charge on any atom is -0.469 e. The average molecular weight is 186 g/mol. The summed E-state index contributed by atoms with van der Waals surface area (Å²) in [6.45, 7) is 6.01. The Morgan fingerprint density at radius 3 is 2.08 bits per heavy atom. The van der Waals surface area contributed by atoms with E-state index in [1.54, 1.807) is 0 Å². The summed E-state index contributed by atoms with van der Waals surface area (Å²) < 4.78 is 4.44. The molecule has 0 aliphatic rings. The van der Waals surface area contributed by atoms with E-state index in [1.165, 1.54) is 7.11 Å². The number of methoxy groups -OCH3 is 1. The van der Waals surface area contributed by atoms with Crippen LogP contribution in [0.3, 0.4) is 0 Å². The van der Waals surface area contributed by atoms with E-state index < -0.39 is 0 Å². The molecule has 0 unspecified atom stereocenters. The summed E-state index contributed by atoms with van der Waals surface area (Å²) in [5.41, 5.74) is 0.00715. The monoisotopic (exact) mass is 186 g/mol. The average Bonchev–Trinajstić information content (AvgIpc) is 1.97. The lowest BCUT2D eigenvalue weighted by Crippen LogP contribution is -2.14. The number of carbonyl (C=O) groups is 2. The van der Waals surface area contributed by atoms with Gasteiger partial charge in [-0.1, -0.05) is 20.8 Å². The molecule has 0 heterocycles. The molecule has 0 atom stereocenters. The molecular weight excluding hydrogens is 168 g/mol. The number of Topliss-reactive ketones (excluding diaryl/α,β-unsaturated/α-hetero) is 1. The lowest BCUT2D eigenvalue weighted by molar-refractivity contribution is -0.142. The molecule has 0 amide bonds. The fourth-order valence-corrected chi connectivity index (χ4v) is 1.02. The van der Waals surface area contributed by atoms with Crippen LogP contribution in [0.25, 0.3) is 0 Å². The van der Waals surface area contributed by atoms with Crippen LogP contribution in [0.15, 0.2) is 0 Å². The van der Waals surface area contributed by atoms with E-state index in [9.17, 15) is 9.59 Å². The van der Waals surface area contributed by atoms with Crippen molar-refractivity contribution in [1.82, 2.24) is 0 Å². The van der Waals surface area contributed by atoms with E-state index in [1.807, 2.05) is 20.8 Å². The van der Waals surface area contributed by atoms with Crippen LogP contribution in [0.5, 0.6) is 0 Å². The molecule has 0 rings (SSSR count). The Bertz CT molecular complexity index is 189. The molecule has 0 aliphatic heterocycles. The Kier molecular flexibility index (Phi) is 4.67. The molecular formula is C10H18O3. The summed E-state index contributed by atoms with van der Waals surface area (Å²) in [5.74, 6) is -0.194. The first kappa shape index (κ1) is 12.1. The van der Waals surface area contributed by atoms with Gasteiger partial charge in [0.1, 0.15) is 5.78 Å². The van der Waals surface area contributed by atoms with Crippen LogP contribution in [0.4, 0.5) is 0 Å². The van der Waals surface area contributed by atoms with Gasteiger partial charge in [-0.3, -0.25) is 9.59 Å². The Morgan fingerprint density at radius 2 is 1.69 bits per heavy atom. The lowest BCUT2D eigenvalue weighted by atomic mass is 9.89. The number of hydrogen-bond acceptors (Lipinski definition) is 3. The highest BCUT2D eigenvalue weighted by atomic mass is 16.5. The molecule has 0 N–H and O–H groups in total. The number of carbonyl (C=O) groups excluding carboxylic acids is 2. The van der Waals surface area contributed by atoms with Crippen LogP contribution in [-0.4, -0.2) is 18.9 Å². The predicted molar refractivity (Wildman–Crippen MR) is 50.3 cm³/mol. The number of hydrogen-bond donors (Lipinski definition) is 0. The van der Waals surface area contributed by atoms with Gasteiger partial charge >= 0.3 is 5.97 Å². The molecule has 0 saturated carbocycles. The van der Waals surface area contributed by atoms with Crippen LogP contribution in [0.1, 0.15) is 40.0 Å². The predicted octanol–water partition coefficient (Wildman–Crippen LogP) is 1.94. The Balaban J connectivity index is 3.71. The molecule has 76 valence electrons. The number of rotatable bonds is 4. The molecule has 0 fully saturated rings. The van der Waals surface area contributed by atoms with Crippen molar-refractivity contribution in [3.05, 3.63) is 0 Å². The minimum atomic E-state index is -0.317. The van der Waals surface area contributed by atoms with Crippen LogP contribution < -0.4 is 0 Å². The smallest absolute Gasteiger partial charge is 0.305 e. The van der Waals surface area contributed by atoms with E-state index in [-0.39, 0.29) is 23.6 Å². The zero-order chi connectivity index (χ0) is 10.5. The number of ether oxygens (including phenoxy) is 1. The van der Waals surface area contributed by atoms with Crippen LogP contribution in [0.2, 0.25) is 0 Å². The Morgan fingerprint density at radius 1 is 1.15 bits per heavy atom. The van der Waals surface area contributed by atoms with E-state index in [0.717, 1.165) is 0 Å². The van der Waals surface area contributed by atoms with Crippen molar-refractivity contribution >= 4 is 11.8 Å². The molecule has 0 bridgehead atoms. The molecule has 3 nitrogen and oxygen atoms in total. The summed E-state index contributed by atoms with van der Waals surface area (Å²) in [7, 11) is 1.33. The normalized spacial score (nSPS) is 11.1. The first-order chi connectivity index (χ1) is 5.85. The van der Waals surface area contributed by atoms with Gasteiger partial charge in [-0.25, -0.2) is 0 Å². The molecule has 3 heteroatoms. The highest BCUT2D eigenvalue weighted by Gasteiger charge is 2.16. The van der Waals surface area contributed by atoms with E-state index in [4.69, 9.17) is 0 Å². The largest absolute Gasteiger partial charge is 0.469 e. The zero-order valence-corrected chi connectivity index (χ0v) is 8.85. The molecule has 0 aromatic carbocycles. The molecule has 0 radical (unpaired) electrons. The third-order valence-corrected chi connectivity index (χ3v) is 1.56. The molecule has 0 aliphatic carbocycles. The van der Waals surface area contributed by atoms with Crippen molar-refractivity contribution < 1.29 is 14.3 Å². The van der Waals surface area contributed by atoms with Gasteiger partial charge in [0.2, 0.25) is 0 Å². The second kappa shape index (κ2) is 5.00. The maximum atomic E-state index is 11.3. The topological polar surface area (TPSA) is 43.4 Å². The summed E-state index contributed by atoms with van der Waals surface area (Å²) >= 11 is 0. The van der Waals surface area contributed by atoms with Gasteiger partial charge in [0.15, 0.2) is 0 Å². The molecule has 0 spiro atoms. The molecule has 0 saturated heterocycles. The third-order valence-electron chi connectivity index (χ3n) is 1.56. The van der Waals surface area contributed by atoms with Gasteiger partial charge in [-0.15, -0.1) is 0 Å². The van der Waals surface area contributed by atoms with Crippen LogP contribution >= 0.6 is 0 Å². The standard InChI is InChI=1S/C10H18O3/c1-10(2,3)7-8(11)5-6-9(12)13-4/h5-7H2,1-4H3. The van der Waals surface area contributed by atoms with Gasteiger partial charge < -0.3 is 4.74 Å². The number of esters is 1. The molecule has 13 heavy (non-hydrogen) atoms. The maximum Gasteiger partial charge on any atom is 0.305 e. The summed E-state index contributed by atoms with van der Waals surface area (Å²) in [6.07, 6.45) is 1.01. The van der Waals surface area contributed by atoms with Gasteiger partial charge in [0.25, 0.3) is 0 Å². The third kappa shape index (κ3) is 7.50. The van der Waals surface area contributed by atoms with Gasteiger partial charge in [0.05, 0.1) is 13.5 Å². The van der Waals surface area contributed by atoms with E-state index >= 15 is 0 Å². The molecule has 0 aromatic rings. The first-order valence-electron chi connectivity index (χ1n) is 4.43. The highest BCUT2D eigenvalue weighted by Crippen LogP contribution is 2.19. The van der Waals surface area contributed by atoms with E-state index in [2.05, 4.69) is 4.74 Å². The summed E-state index contributed by atoms with van der Waals surface area (Å²) in [4.78, 5) is 22.0. The Hall–Kier alpha value is -0.860. The summed E-state index contributed by atoms with van der Waals surface area (Å²) in [5, 5.41) is 0. The van der Waals surface area contributed by atoms with Gasteiger partial charge in [-0.05, 0) is 5.41 Å². The van der Waals surface area contributed by atoms with Crippen molar-refractivity contribution in [2.45, 2.75) is 40.0 Å². The van der Waals surface area contributed by atoms with E-state index in [0.29, 0.717) is 12.8 Å². The summed E-state index contributed by atoms with van der Waals surface area (Å²) in [6, 6.07) is 0. The van der Waals surface area contributed by atoms with Crippen LogP contribution in [-0.2, 0) is 14.3 Å². The fraction of sp³-hybridized carbons (Fsp3) is 0.800. The highest BCUT2D eigenvalue weighted by molar-refractivity contribution is 5.83. The van der Waals surface area contributed by atoms with Crippen molar-refractivity contribution in [2.24, 2.45) is 5.41 Å². The minimum absolute atomic E-state index is 0.00715. The van der Waals surface area contributed by atoms with Crippen molar-refractivity contribution in [3.63, 3.8) is 0 Å². The SMILES string of the molecule is COC(=O)CCC(=O)CC(C)(C)C. The Labute approximate surface area is 79.5 Å².